The van der Waals surface area contributed by atoms with Crippen molar-refractivity contribution in [1.82, 2.24) is 0 Å². The van der Waals surface area contributed by atoms with Crippen molar-refractivity contribution in [3.8, 4) is 17.2 Å². The summed E-state index contributed by atoms with van der Waals surface area (Å²) < 4.78 is 24.7. The topological polar surface area (TPSA) is 44.5 Å². The van der Waals surface area contributed by atoms with Gasteiger partial charge in [-0.25, -0.2) is 4.39 Å². The lowest BCUT2D eigenvalue weighted by Gasteiger charge is -2.13. The Morgan fingerprint density at radius 1 is 1.15 bits per heavy atom. The summed E-state index contributed by atoms with van der Waals surface area (Å²) in [7, 11) is 0. The molecular formula is C15H15ClFNO2. The van der Waals surface area contributed by atoms with E-state index in [1.165, 1.54) is 6.07 Å². The molecule has 2 aromatic rings. The van der Waals surface area contributed by atoms with Crippen LogP contribution in [0.3, 0.4) is 0 Å². The highest BCUT2D eigenvalue weighted by Crippen LogP contribution is 2.36. The van der Waals surface area contributed by atoms with Gasteiger partial charge in [0.25, 0.3) is 0 Å². The van der Waals surface area contributed by atoms with Crippen LogP contribution in [0.4, 0.5) is 10.1 Å². The van der Waals surface area contributed by atoms with E-state index in [0.29, 0.717) is 18.1 Å². The fraction of sp³-hybridized carbons (Fsp3) is 0.200. The molecule has 2 rings (SSSR count). The first kappa shape index (κ1) is 14.5. The standard InChI is InChI=1S/C15H15ClFNO2/c1-2-7-19-13-5-3-4-6-14(13)20-15-9-11(17)10(16)8-12(15)18/h3-6,8-9H,2,7,18H2,1H3. The highest BCUT2D eigenvalue weighted by molar-refractivity contribution is 6.31. The van der Waals surface area contributed by atoms with Gasteiger partial charge in [0.15, 0.2) is 17.2 Å². The minimum Gasteiger partial charge on any atom is -0.490 e. The van der Waals surface area contributed by atoms with Crippen LogP contribution in [-0.2, 0) is 0 Å². The summed E-state index contributed by atoms with van der Waals surface area (Å²) >= 11 is 5.65. The summed E-state index contributed by atoms with van der Waals surface area (Å²) in [4.78, 5) is 0. The van der Waals surface area contributed by atoms with Crippen LogP contribution in [0.2, 0.25) is 5.02 Å². The van der Waals surface area contributed by atoms with Gasteiger partial charge in [0.2, 0.25) is 0 Å². The predicted molar refractivity (Wildman–Crippen MR) is 78.1 cm³/mol. The van der Waals surface area contributed by atoms with Crippen molar-refractivity contribution in [2.24, 2.45) is 0 Å². The zero-order chi connectivity index (χ0) is 14.5. The SMILES string of the molecule is CCCOc1ccccc1Oc1cc(F)c(Cl)cc1N. The van der Waals surface area contributed by atoms with E-state index in [9.17, 15) is 4.39 Å². The summed E-state index contributed by atoms with van der Waals surface area (Å²) in [5.41, 5.74) is 6.04. The second-order valence-corrected chi connectivity index (χ2v) is 4.61. The van der Waals surface area contributed by atoms with Gasteiger partial charge in [0.1, 0.15) is 5.82 Å². The van der Waals surface area contributed by atoms with E-state index in [4.69, 9.17) is 26.8 Å². The summed E-state index contributed by atoms with van der Waals surface area (Å²) in [6.45, 7) is 2.58. The van der Waals surface area contributed by atoms with Crippen molar-refractivity contribution in [1.29, 1.82) is 0 Å². The third-order valence-electron chi connectivity index (χ3n) is 2.58. The van der Waals surface area contributed by atoms with Crippen LogP contribution in [-0.4, -0.2) is 6.61 Å². The van der Waals surface area contributed by atoms with Crippen molar-refractivity contribution in [3.05, 3.63) is 47.2 Å². The van der Waals surface area contributed by atoms with Gasteiger partial charge >= 0.3 is 0 Å². The number of benzene rings is 2. The van der Waals surface area contributed by atoms with Crippen molar-refractivity contribution in [2.45, 2.75) is 13.3 Å². The summed E-state index contributed by atoms with van der Waals surface area (Å²) in [5.74, 6) is 0.695. The number of rotatable bonds is 5. The molecule has 0 amide bonds. The molecule has 5 heteroatoms. The smallest absolute Gasteiger partial charge is 0.169 e. The lowest BCUT2D eigenvalue weighted by atomic mass is 10.2. The van der Waals surface area contributed by atoms with Crippen LogP contribution in [0.25, 0.3) is 0 Å². The first-order valence-corrected chi connectivity index (χ1v) is 6.63. The van der Waals surface area contributed by atoms with E-state index >= 15 is 0 Å². The Bertz CT molecular complexity index is 604. The van der Waals surface area contributed by atoms with E-state index in [-0.39, 0.29) is 16.5 Å². The minimum atomic E-state index is -0.581. The first-order chi connectivity index (χ1) is 9.61. The molecule has 0 spiro atoms. The molecular weight excluding hydrogens is 281 g/mol. The van der Waals surface area contributed by atoms with Crippen molar-refractivity contribution < 1.29 is 13.9 Å². The monoisotopic (exact) mass is 295 g/mol. The van der Waals surface area contributed by atoms with E-state index in [1.807, 2.05) is 13.0 Å². The van der Waals surface area contributed by atoms with Crippen molar-refractivity contribution >= 4 is 17.3 Å². The lowest BCUT2D eigenvalue weighted by molar-refractivity contribution is 0.302. The quantitative estimate of drug-likeness (QED) is 0.817. The Morgan fingerprint density at radius 3 is 2.55 bits per heavy atom. The number of hydrogen-bond acceptors (Lipinski definition) is 3. The molecule has 106 valence electrons. The maximum atomic E-state index is 13.5. The Balaban J connectivity index is 2.28. The fourth-order valence-electron chi connectivity index (χ4n) is 1.62. The van der Waals surface area contributed by atoms with Gasteiger partial charge in [-0.05, 0) is 24.6 Å². The Hall–Kier alpha value is -1.94. The van der Waals surface area contributed by atoms with Crippen molar-refractivity contribution in [3.63, 3.8) is 0 Å². The van der Waals surface area contributed by atoms with Gasteiger partial charge in [-0.2, -0.15) is 0 Å². The Kier molecular flexibility index (Phi) is 4.69. The zero-order valence-corrected chi connectivity index (χ0v) is 11.8. The molecule has 2 aromatic carbocycles. The lowest BCUT2D eigenvalue weighted by Crippen LogP contribution is -1.99. The molecule has 0 fully saturated rings. The molecule has 0 aliphatic heterocycles. The van der Waals surface area contributed by atoms with E-state index < -0.39 is 5.82 Å². The molecule has 2 N–H and O–H groups in total. The molecule has 0 bridgehead atoms. The number of halogens is 2. The van der Waals surface area contributed by atoms with Gasteiger partial charge in [-0.3, -0.25) is 0 Å². The molecule has 20 heavy (non-hydrogen) atoms. The van der Waals surface area contributed by atoms with Crippen molar-refractivity contribution in [2.75, 3.05) is 12.3 Å². The number of anilines is 1. The second-order valence-electron chi connectivity index (χ2n) is 4.20. The van der Waals surface area contributed by atoms with Crippen LogP contribution < -0.4 is 15.2 Å². The van der Waals surface area contributed by atoms with Gasteiger partial charge in [-0.15, -0.1) is 0 Å². The van der Waals surface area contributed by atoms with Crippen LogP contribution in [0, 0.1) is 5.82 Å². The summed E-state index contributed by atoms with van der Waals surface area (Å²) in [6.07, 6.45) is 0.881. The molecule has 0 aromatic heterocycles. The fourth-order valence-corrected chi connectivity index (χ4v) is 1.79. The van der Waals surface area contributed by atoms with Crippen LogP contribution in [0.5, 0.6) is 17.2 Å². The maximum absolute atomic E-state index is 13.5. The maximum Gasteiger partial charge on any atom is 0.169 e. The third kappa shape index (κ3) is 3.33. The number of nitrogen functional groups attached to an aromatic ring is 1. The molecule has 0 unspecified atom stereocenters. The number of ether oxygens (including phenoxy) is 2. The molecule has 0 aliphatic carbocycles. The van der Waals surface area contributed by atoms with E-state index in [0.717, 1.165) is 12.5 Å². The second kappa shape index (κ2) is 6.48. The summed E-state index contributed by atoms with van der Waals surface area (Å²) in [5, 5.41) is -0.0367. The highest BCUT2D eigenvalue weighted by Gasteiger charge is 2.11. The average Bonchev–Trinajstić information content (AvgIpc) is 2.44. The number of hydrogen-bond donors (Lipinski definition) is 1. The zero-order valence-electron chi connectivity index (χ0n) is 11.0. The van der Waals surface area contributed by atoms with Gasteiger partial charge in [0, 0.05) is 6.07 Å². The molecule has 0 atom stereocenters. The molecule has 0 radical (unpaired) electrons. The number of nitrogens with two attached hydrogens (primary N) is 1. The van der Waals surface area contributed by atoms with Gasteiger partial charge in [0.05, 0.1) is 17.3 Å². The molecule has 0 saturated carbocycles. The normalized spacial score (nSPS) is 10.3. The van der Waals surface area contributed by atoms with E-state index in [2.05, 4.69) is 0 Å². The Morgan fingerprint density at radius 2 is 1.85 bits per heavy atom. The Labute approximate surface area is 122 Å². The number of para-hydroxylation sites is 2. The summed E-state index contributed by atoms with van der Waals surface area (Å²) in [6, 6.07) is 9.64. The van der Waals surface area contributed by atoms with Crippen LogP contribution >= 0.6 is 11.6 Å². The van der Waals surface area contributed by atoms with Crippen LogP contribution in [0.15, 0.2) is 36.4 Å². The van der Waals surface area contributed by atoms with E-state index in [1.54, 1.807) is 18.2 Å². The highest BCUT2D eigenvalue weighted by atomic mass is 35.5. The molecule has 0 saturated heterocycles. The minimum absolute atomic E-state index is 0.0367. The molecule has 3 nitrogen and oxygen atoms in total. The van der Waals surface area contributed by atoms with Gasteiger partial charge in [-0.1, -0.05) is 30.7 Å². The predicted octanol–water partition coefficient (Wildman–Crippen LogP) is 4.64. The van der Waals surface area contributed by atoms with Gasteiger partial charge < -0.3 is 15.2 Å². The van der Waals surface area contributed by atoms with Crippen LogP contribution in [0.1, 0.15) is 13.3 Å². The first-order valence-electron chi connectivity index (χ1n) is 6.26. The molecule has 0 heterocycles. The third-order valence-corrected chi connectivity index (χ3v) is 2.87. The molecule has 0 aliphatic rings. The average molecular weight is 296 g/mol. The largest absolute Gasteiger partial charge is 0.490 e.